The molecule has 0 saturated carbocycles. The predicted octanol–water partition coefficient (Wildman–Crippen LogP) is 2.00. The molecular formula is C14H24Cl2FN3O. The Morgan fingerprint density at radius 1 is 1.24 bits per heavy atom. The topological polar surface area (TPSA) is 44.4 Å². The maximum atomic E-state index is 12.9. The third-order valence-electron chi connectivity index (χ3n) is 2.97. The van der Waals surface area contributed by atoms with Crippen LogP contribution in [0.2, 0.25) is 0 Å². The molecule has 7 heteroatoms. The maximum absolute atomic E-state index is 12.9. The third-order valence-corrected chi connectivity index (χ3v) is 2.97. The average molecular weight is 340 g/mol. The number of amides is 1. The smallest absolute Gasteiger partial charge is 0.221 e. The summed E-state index contributed by atoms with van der Waals surface area (Å²) in [5.41, 5.74) is 0.986. The van der Waals surface area contributed by atoms with Crippen LogP contribution in [0.3, 0.4) is 0 Å². The van der Waals surface area contributed by atoms with Crippen molar-refractivity contribution >= 4 is 30.7 Å². The van der Waals surface area contributed by atoms with Crippen LogP contribution in [0.1, 0.15) is 18.0 Å². The maximum Gasteiger partial charge on any atom is 0.221 e. The van der Waals surface area contributed by atoms with Gasteiger partial charge in [-0.05, 0) is 38.8 Å². The number of carbonyl (C=O) groups is 1. The standard InChI is InChI=1S/C14H22FN3O.2ClH/c1-16-9-8-14(19)17-10-13(18(2)3)11-4-6-12(15)7-5-11;;/h4-7,13,16H,8-10H2,1-3H3,(H,17,19);2*1H. The number of carbonyl (C=O) groups excluding carboxylic acids is 1. The minimum Gasteiger partial charge on any atom is -0.354 e. The first kappa shape index (κ1) is 22.4. The highest BCUT2D eigenvalue weighted by Gasteiger charge is 2.15. The number of hydrogen-bond donors (Lipinski definition) is 2. The van der Waals surface area contributed by atoms with E-state index in [4.69, 9.17) is 0 Å². The molecule has 4 nitrogen and oxygen atoms in total. The van der Waals surface area contributed by atoms with Gasteiger partial charge in [-0.3, -0.25) is 4.79 Å². The van der Waals surface area contributed by atoms with Crippen molar-refractivity contribution in [2.24, 2.45) is 0 Å². The molecule has 1 aromatic carbocycles. The molecule has 1 unspecified atom stereocenters. The van der Waals surface area contributed by atoms with Gasteiger partial charge < -0.3 is 15.5 Å². The molecule has 1 aromatic rings. The van der Waals surface area contributed by atoms with Crippen LogP contribution in [0.4, 0.5) is 4.39 Å². The molecule has 1 rings (SSSR count). The lowest BCUT2D eigenvalue weighted by Gasteiger charge is -2.25. The van der Waals surface area contributed by atoms with Gasteiger partial charge in [0, 0.05) is 19.5 Å². The third kappa shape index (κ3) is 8.21. The summed E-state index contributed by atoms with van der Waals surface area (Å²) in [5, 5.41) is 5.83. The first-order chi connectivity index (χ1) is 9.04. The molecule has 0 aromatic heterocycles. The van der Waals surface area contributed by atoms with Gasteiger partial charge in [-0.2, -0.15) is 0 Å². The molecule has 21 heavy (non-hydrogen) atoms. The zero-order valence-electron chi connectivity index (χ0n) is 12.6. The molecule has 0 heterocycles. The van der Waals surface area contributed by atoms with Crippen molar-refractivity contribution in [2.75, 3.05) is 34.2 Å². The van der Waals surface area contributed by atoms with Gasteiger partial charge in [0.15, 0.2) is 0 Å². The molecule has 0 saturated heterocycles. The van der Waals surface area contributed by atoms with Gasteiger partial charge in [-0.1, -0.05) is 12.1 Å². The molecule has 0 aliphatic rings. The van der Waals surface area contributed by atoms with Crippen LogP contribution in [-0.2, 0) is 4.79 Å². The van der Waals surface area contributed by atoms with E-state index in [0.717, 1.165) is 5.56 Å². The van der Waals surface area contributed by atoms with Crippen LogP contribution < -0.4 is 10.6 Å². The molecule has 0 aliphatic carbocycles. The van der Waals surface area contributed by atoms with Gasteiger partial charge in [-0.15, -0.1) is 24.8 Å². The first-order valence-electron chi connectivity index (χ1n) is 6.37. The van der Waals surface area contributed by atoms with Crippen molar-refractivity contribution in [3.8, 4) is 0 Å². The fraction of sp³-hybridized carbons (Fsp3) is 0.500. The van der Waals surface area contributed by atoms with E-state index in [1.807, 2.05) is 26.0 Å². The number of nitrogens with zero attached hydrogens (tertiary/aromatic N) is 1. The Hall–Kier alpha value is -0.880. The van der Waals surface area contributed by atoms with Crippen LogP contribution in [0.25, 0.3) is 0 Å². The predicted molar refractivity (Wildman–Crippen MR) is 88.9 cm³/mol. The summed E-state index contributed by atoms with van der Waals surface area (Å²) in [6.45, 7) is 1.18. The first-order valence-corrected chi connectivity index (χ1v) is 6.37. The molecule has 0 bridgehead atoms. The Morgan fingerprint density at radius 2 is 1.81 bits per heavy atom. The van der Waals surface area contributed by atoms with Gasteiger partial charge in [0.05, 0.1) is 6.04 Å². The van der Waals surface area contributed by atoms with Crippen LogP contribution >= 0.6 is 24.8 Å². The molecule has 0 fully saturated rings. The molecular weight excluding hydrogens is 316 g/mol. The van der Waals surface area contributed by atoms with Crippen LogP contribution in [-0.4, -0.2) is 45.0 Å². The summed E-state index contributed by atoms with van der Waals surface area (Å²) in [7, 11) is 5.69. The van der Waals surface area contributed by atoms with E-state index >= 15 is 0 Å². The Morgan fingerprint density at radius 3 is 2.29 bits per heavy atom. The fourth-order valence-corrected chi connectivity index (χ4v) is 1.82. The quantitative estimate of drug-likeness (QED) is 0.798. The molecule has 0 aliphatic heterocycles. The van der Waals surface area contributed by atoms with Gasteiger partial charge in [-0.25, -0.2) is 4.39 Å². The monoisotopic (exact) mass is 339 g/mol. The summed E-state index contributed by atoms with van der Waals surface area (Å²) < 4.78 is 12.9. The van der Waals surface area contributed by atoms with E-state index in [9.17, 15) is 9.18 Å². The summed E-state index contributed by atoms with van der Waals surface area (Å²) >= 11 is 0. The summed E-state index contributed by atoms with van der Waals surface area (Å²) in [4.78, 5) is 13.6. The van der Waals surface area contributed by atoms with Crippen LogP contribution in [0, 0.1) is 5.82 Å². The van der Waals surface area contributed by atoms with Crippen LogP contribution in [0.5, 0.6) is 0 Å². The van der Waals surface area contributed by atoms with E-state index in [0.29, 0.717) is 19.5 Å². The van der Waals surface area contributed by atoms with Crippen molar-refractivity contribution in [3.63, 3.8) is 0 Å². The number of halogens is 3. The Kier molecular flexibility index (Phi) is 12.5. The lowest BCUT2D eigenvalue weighted by molar-refractivity contribution is -0.121. The van der Waals surface area contributed by atoms with Crippen molar-refractivity contribution in [3.05, 3.63) is 35.6 Å². The fourth-order valence-electron chi connectivity index (χ4n) is 1.82. The van der Waals surface area contributed by atoms with E-state index in [-0.39, 0.29) is 42.6 Å². The number of hydrogen-bond acceptors (Lipinski definition) is 3. The highest BCUT2D eigenvalue weighted by Crippen LogP contribution is 2.17. The number of rotatable bonds is 7. The van der Waals surface area contributed by atoms with Gasteiger partial charge in [0.2, 0.25) is 5.91 Å². The average Bonchev–Trinajstić information content (AvgIpc) is 2.38. The number of nitrogens with one attached hydrogen (secondary N) is 2. The molecule has 122 valence electrons. The second-order valence-electron chi connectivity index (χ2n) is 4.69. The van der Waals surface area contributed by atoms with E-state index < -0.39 is 0 Å². The van der Waals surface area contributed by atoms with Gasteiger partial charge >= 0.3 is 0 Å². The second kappa shape index (κ2) is 11.7. The highest BCUT2D eigenvalue weighted by atomic mass is 35.5. The van der Waals surface area contributed by atoms with Gasteiger partial charge in [0.25, 0.3) is 0 Å². The lowest BCUT2D eigenvalue weighted by atomic mass is 10.1. The highest BCUT2D eigenvalue weighted by molar-refractivity contribution is 5.85. The molecule has 2 N–H and O–H groups in total. The zero-order chi connectivity index (χ0) is 14.3. The van der Waals surface area contributed by atoms with Crippen molar-refractivity contribution < 1.29 is 9.18 Å². The van der Waals surface area contributed by atoms with E-state index in [2.05, 4.69) is 10.6 Å². The Bertz CT molecular complexity index is 402. The molecule has 1 atom stereocenters. The minimum absolute atomic E-state index is 0. The minimum atomic E-state index is -0.251. The SMILES string of the molecule is CNCCC(=O)NCC(c1ccc(F)cc1)N(C)C.Cl.Cl. The van der Waals surface area contributed by atoms with E-state index in [1.165, 1.54) is 12.1 Å². The molecule has 0 radical (unpaired) electrons. The summed E-state index contributed by atoms with van der Waals surface area (Å²) in [6, 6.07) is 6.42. The Labute approximate surface area is 138 Å². The van der Waals surface area contributed by atoms with Gasteiger partial charge in [0.1, 0.15) is 5.82 Å². The van der Waals surface area contributed by atoms with Crippen molar-refractivity contribution in [2.45, 2.75) is 12.5 Å². The van der Waals surface area contributed by atoms with Crippen LogP contribution in [0.15, 0.2) is 24.3 Å². The normalized spacial score (nSPS) is 11.3. The lowest BCUT2D eigenvalue weighted by Crippen LogP contribution is -2.35. The summed E-state index contributed by atoms with van der Waals surface area (Å²) in [6.07, 6.45) is 0.458. The number of likely N-dealkylation sites (N-methyl/N-ethyl adjacent to an activating group) is 1. The molecule has 0 spiro atoms. The van der Waals surface area contributed by atoms with E-state index in [1.54, 1.807) is 12.1 Å². The number of benzene rings is 1. The van der Waals surface area contributed by atoms with Crippen molar-refractivity contribution in [1.29, 1.82) is 0 Å². The molecule has 1 amide bonds. The van der Waals surface area contributed by atoms with Crippen molar-refractivity contribution in [1.82, 2.24) is 15.5 Å². The summed E-state index contributed by atoms with van der Waals surface area (Å²) in [5.74, 6) is -0.234. The Balaban J connectivity index is 0. The largest absolute Gasteiger partial charge is 0.354 e. The zero-order valence-corrected chi connectivity index (χ0v) is 14.2. The second-order valence-corrected chi connectivity index (χ2v) is 4.69.